The third kappa shape index (κ3) is 47.9. The van der Waals surface area contributed by atoms with E-state index in [-0.39, 0.29) is 13.0 Å². The number of nitrogens with one attached hydrogen (secondary N) is 1. The molecule has 1 aliphatic heterocycles. The van der Waals surface area contributed by atoms with E-state index in [0.29, 0.717) is 19.3 Å². The van der Waals surface area contributed by atoms with Crippen LogP contribution in [0.1, 0.15) is 355 Å². The van der Waals surface area contributed by atoms with Crippen LogP contribution in [-0.2, 0) is 23.8 Å². The zero-order valence-electron chi connectivity index (χ0n) is 55.0. The smallest absolute Gasteiger partial charge is 0.306 e. The third-order valence-corrected chi connectivity index (χ3v) is 17.3. The molecule has 1 amide bonds. The SMILES string of the molecule is CCCCC/C=C\C/C=C\CCCCCCCCCCCC(=O)OC1C(OCC(NC(=O)C(O)CCCCCCCCCCCCCCCCCCCCCCCCCC)C(O)/C=C/CCCCCCCCCCCC)OC(CO)C(O)C1O. The lowest BCUT2D eigenvalue weighted by atomic mass is 9.99. The molecule has 1 aliphatic rings. The summed E-state index contributed by atoms with van der Waals surface area (Å²) in [6.45, 7) is 5.82. The number of hydrogen-bond donors (Lipinski definition) is 6. The topological polar surface area (TPSA) is 175 Å². The molecule has 0 spiro atoms. The third-order valence-electron chi connectivity index (χ3n) is 17.3. The van der Waals surface area contributed by atoms with Crippen LogP contribution in [0.3, 0.4) is 0 Å². The van der Waals surface area contributed by atoms with Gasteiger partial charge in [-0.05, 0) is 57.8 Å². The van der Waals surface area contributed by atoms with Crippen LogP contribution in [0.2, 0.25) is 0 Å². The van der Waals surface area contributed by atoms with Gasteiger partial charge in [-0.3, -0.25) is 9.59 Å². The number of allylic oxidation sites excluding steroid dienone is 5. The van der Waals surface area contributed by atoms with Crippen molar-refractivity contribution in [2.24, 2.45) is 0 Å². The van der Waals surface area contributed by atoms with E-state index in [1.807, 2.05) is 6.08 Å². The van der Waals surface area contributed by atoms with Crippen molar-refractivity contribution < 1.29 is 49.3 Å². The highest BCUT2D eigenvalue weighted by molar-refractivity contribution is 5.80. The van der Waals surface area contributed by atoms with Crippen molar-refractivity contribution in [3.8, 4) is 0 Å². The van der Waals surface area contributed by atoms with E-state index in [9.17, 15) is 35.1 Å². The number of amides is 1. The maximum absolute atomic E-state index is 13.5. The lowest BCUT2D eigenvalue weighted by molar-refractivity contribution is -0.305. The maximum Gasteiger partial charge on any atom is 0.306 e. The fraction of sp³-hybridized carbons (Fsp3) is 0.890. The summed E-state index contributed by atoms with van der Waals surface area (Å²) in [5.74, 6) is -1.18. The molecule has 0 aromatic rings. The molecule has 0 aliphatic carbocycles. The van der Waals surface area contributed by atoms with Gasteiger partial charge in [-0.25, -0.2) is 0 Å². The summed E-state index contributed by atoms with van der Waals surface area (Å²) >= 11 is 0. The van der Waals surface area contributed by atoms with Gasteiger partial charge in [-0.15, -0.1) is 0 Å². The van der Waals surface area contributed by atoms with Gasteiger partial charge in [0.05, 0.1) is 25.4 Å². The first-order chi connectivity index (χ1) is 41.2. The predicted octanol–water partition coefficient (Wildman–Crippen LogP) is 18.6. The van der Waals surface area contributed by atoms with E-state index in [4.69, 9.17) is 14.2 Å². The minimum absolute atomic E-state index is 0.121. The van der Waals surface area contributed by atoms with E-state index in [1.54, 1.807) is 6.08 Å². The van der Waals surface area contributed by atoms with Gasteiger partial charge in [-0.2, -0.15) is 0 Å². The molecule has 84 heavy (non-hydrogen) atoms. The van der Waals surface area contributed by atoms with E-state index in [0.717, 1.165) is 70.6 Å². The molecule has 0 bridgehead atoms. The highest BCUT2D eigenvalue weighted by atomic mass is 16.7. The summed E-state index contributed by atoms with van der Waals surface area (Å²) in [7, 11) is 0. The highest BCUT2D eigenvalue weighted by Gasteiger charge is 2.47. The second-order valence-corrected chi connectivity index (χ2v) is 25.3. The molecular weight excluding hydrogens is 1050 g/mol. The number of aliphatic hydroxyl groups is 5. The molecule has 0 radical (unpaired) electrons. The van der Waals surface area contributed by atoms with Crippen LogP contribution in [0.4, 0.5) is 0 Å². The zero-order valence-corrected chi connectivity index (χ0v) is 55.0. The van der Waals surface area contributed by atoms with Crippen molar-refractivity contribution in [1.82, 2.24) is 5.32 Å². The Morgan fingerprint density at radius 3 is 1.24 bits per heavy atom. The molecule has 494 valence electrons. The first-order valence-electron chi connectivity index (χ1n) is 36.3. The Bertz CT molecular complexity index is 1510. The summed E-state index contributed by atoms with van der Waals surface area (Å²) in [6.07, 6.45) is 64.8. The minimum Gasteiger partial charge on any atom is -0.454 e. The summed E-state index contributed by atoms with van der Waals surface area (Å²) in [4.78, 5) is 26.7. The van der Waals surface area contributed by atoms with E-state index < -0.39 is 67.4 Å². The van der Waals surface area contributed by atoms with Crippen LogP contribution in [0.15, 0.2) is 36.5 Å². The minimum atomic E-state index is -1.61. The molecule has 0 saturated carbocycles. The number of aliphatic hydroxyl groups excluding tert-OH is 5. The largest absolute Gasteiger partial charge is 0.454 e. The Labute approximate surface area is 517 Å². The highest BCUT2D eigenvalue weighted by Crippen LogP contribution is 2.26. The normalized spacial score (nSPS) is 18.6. The van der Waals surface area contributed by atoms with Crippen LogP contribution in [0.25, 0.3) is 0 Å². The molecule has 0 aromatic carbocycles. The van der Waals surface area contributed by atoms with Crippen LogP contribution in [0, 0.1) is 0 Å². The number of hydrogen-bond acceptors (Lipinski definition) is 10. The van der Waals surface area contributed by atoms with Crippen LogP contribution >= 0.6 is 0 Å². The Balaban J connectivity index is 2.55. The van der Waals surface area contributed by atoms with Gasteiger partial charge >= 0.3 is 5.97 Å². The van der Waals surface area contributed by atoms with Gasteiger partial charge in [0.1, 0.15) is 24.4 Å². The van der Waals surface area contributed by atoms with Gasteiger partial charge in [0.15, 0.2) is 12.4 Å². The Kier molecular flexibility index (Phi) is 58.1. The van der Waals surface area contributed by atoms with Crippen molar-refractivity contribution in [3.05, 3.63) is 36.5 Å². The molecule has 1 heterocycles. The number of ether oxygens (including phenoxy) is 3. The van der Waals surface area contributed by atoms with Gasteiger partial charge in [0, 0.05) is 6.42 Å². The van der Waals surface area contributed by atoms with E-state index in [2.05, 4.69) is 50.4 Å². The molecule has 8 atom stereocenters. The predicted molar refractivity (Wildman–Crippen MR) is 352 cm³/mol. The Hall–Kier alpha value is -2.12. The Morgan fingerprint density at radius 1 is 0.464 bits per heavy atom. The lowest BCUT2D eigenvalue weighted by Crippen LogP contribution is -2.61. The number of carbonyl (C=O) groups is 2. The Morgan fingerprint density at radius 2 is 0.821 bits per heavy atom. The van der Waals surface area contributed by atoms with Crippen molar-refractivity contribution in [3.63, 3.8) is 0 Å². The van der Waals surface area contributed by atoms with Crippen molar-refractivity contribution in [2.45, 2.75) is 404 Å². The summed E-state index contributed by atoms with van der Waals surface area (Å²) < 4.78 is 17.7. The van der Waals surface area contributed by atoms with Crippen molar-refractivity contribution in [1.29, 1.82) is 0 Å². The van der Waals surface area contributed by atoms with Gasteiger partial charge in [0.2, 0.25) is 5.91 Å². The second kappa shape index (κ2) is 61.1. The number of esters is 1. The van der Waals surface area contributed by atoms with E-state index in [1.165, 1.54) is 238 Å². The van der Waals surface area contributed by atoms with E-state index >= 15 is 0 Å². The van der Waals surface area contributed by atoms with Gasteiger partial charge in [0.25, 0.3) is 0 Å². The molecular formula is C73H137NO10. The molecule has 0 aromatic heterocycles. The standard InChI is InChI=1S/C73H137NO10/c1-4-7-10-13-16-19-22-25-27-29-31-32-33-34-35-37-38-40-42-45-48-51-54-57-60-66(77)72(81)74-64(65(76)59-56-53-50-47-44-24-21-18-15-12-9-6-3)63-82-73-71(70(80)69(79)67(62-75)83-73)84-68(78)61-58-55-52-49-46-43-41-39-36-30-28-26-23-20-17-14-11-8-5-2/h17,20,26,28,56,59,64-67,69-71,73,75-77,79-80H,4-16,18-19,21-25,27,29-55,57-58,60-63H2,1-3H3,(H,74,81)/b20-17-,28-26-,59-56+. The van der Waals surface area contributed by atoms with Crippen molar-refractivity contribution >= 4 is 11.9 Å². The summed E-state index contributed by atoms with van der Waals surface area (Å²) in [5.41, 5.74) is 0. The number of rotatable bonds is 63. The molecule has 8 unspecified atom stereocenters. The lowest BCUT2D eigenvalue weighted by Gasteiger charge is -2.41. The van der Waals surface area contributed by atoms with Gasteiger partial charge in [-0.1, -0.05) is 327 Å². The fourth-order valence-electron chi connectivity index (χ4n) is 11.6. The maximum atomic E-state index is 13.5. The van der Waals surface area contributed by atoms with Crippen LogP contribution in [-0.4, -0.2) is 99.6 Å². The average Bonchev–Trinajstić information content (AvgIpc) is 3.69. The summed E-state index contributed by atoms with van der Waals surface area (Å²) in [5, 5.41) is 57.3. The average molecular weight is 1190 g/mol. The van der Waals surface area contributed by atoms with Gasteiger partial charge < -0.3 is 45.1 Å². The number of unbranched alkanes of at least 4 members (excludes halogenated alkanes) is 45. The molecule has 11 nitrogen and oxygen atoms in total. The van der Waals surface area contributed by atoms with Crippen molar-refractivity contribution in [2.75, 3.05) is 13.2 Å². The molecule has 1 fully saturated rings. The molecule has 6 N–H and O–H groups in total. The summed E-state index contributed by atoms with van der Waals surface area (Å²) in [6, 6.07) is -1.02. The first kappa shape index (κ1) is 79.9. The first-order valence-corrected chi connectivity index (χ1v) is 36.3. The second-order valence-electron chi connectivity index (χ2n) is 25.3. The zero-order chi connectivity index (χ0) is 61.0. The van der Waals surface area contributed by atoms with Crippen LogP contribution in [0.5, 0.6) is 0 Å². The molecule has 11 heteroatoms. The fourth-order valence-corrected chi connectivity index (χ4v) is 11.6. The van der Waals surface area contributed by atoms with Crippen LogP contribution < -0.4 is 5.32 Å². The molecule has 1 saturated heterocycles. The number of carbonyl (C=O) groups excluding carboxylic acids is 2. The molecule has 1 rings (SSSR count). The quantitative estimate of drug-likeness (QED) is 0.0195. The monoisotopic (exact) mass is 1190 g/mol.